The third-order valence-electron chi connectivity index (χ3n) is 10.5. The van der Waals surface area contributed by atoms with Crippen LogP contribution in [0.5, 0.6) is 0 Å². The Balaban J connectivity index is 4.71. The molecule has 0 saturated heterocycles. The molecule has 0 bridgehead atoms. The van der Waals surface area contributed by atoms with Gasteiger partial charge < -0.3 is 20.3 Å². The Morgan fingerprint density at radius 2 is 0.915 bits per heavy atom. The van der Waals surface area contributed by atoms with Gasteiger partial charge in [0.25, 0.3) is 0 Å². The van der Waals surface area contributed by atoms with Crippen molar-refractivity contribution in [3.63, 3.8) is 0 Å². The average molecular weight is 822 g/mol. The van der Waals surface area contributed by atoms with Gasteiger partial charge in [-0.3, -0.25) is 9.59 Å². The molecule has 6 nitrogen and oxygen atoms in total. The molecule has 0 aliphatic carbocycles. The summed E-state index contributed by atoms with van der Waals surface area (Å²) in [5, 5.41) is 23.7. The van der Waals surface area contributed by atoms with Crippen LogP contribution < -0.4 is 5.32 Å². The van der Waals surface area contributed by atoms with E-state index in [9.17, 15) is 19.8 Å². The Bertz CT molecular complexity index is 1150. The highest BCUT2D eigenvalue weighted by Gasteiger charge is 2.24. The van der Waals surface area contributed by atoms with E-state index in [4.69, 9.17) is 4.74 Å². The first-order chi connectivity index (χ1) is 29.0. The van der Waals surface area contributed by atoms with Crippen LogP contribution in [-0.4, -0.2) is 46.9 Å². The number of allylic oxidation sites excluding steroid dienone is 14. The van der Waals surface area contributed by atoms with Gasteiger partial charge in [-0.25, -0.2) is 0 Å². The summed E-state index contributed by atoms with van der Waals surface area (Å²) in [7, 11) is 0. The number of unbranched alkanes of at least 4 members (excludes halogenated alkanes) is 16. The van der Waals surface area contributed by atoms with Gasteiger partial charge in [0.1, 0.15) is 6.10 Å². The van der Waals surface area contributed by atoms with E-state index in [0.29, 0.717) is 19.3 Å². The molecule has 6 heteroatoms. The number of ether oxygens (including phenoxy) is 1. The van der Waals surface area contributed by atoms with E-state index in [0.717, 1.165) is 122 Å². The quantitative estimate of drug-likeness (QED) is 0.0324. The van der Waals surface area contributed by atoms with Crippen LogP contribution in [0.15, 0.2) is 85.1 Å². The van der Waals surface area contributed by atoms with Gasteiger partial charge in [0, 0.05) is 6.42 Å². The van der Waals surface area contributed by atoms with Crippen molar-refractivity contribution >= 4 is 11.9 Å². The maximum atomic E-state index is 13.2. The second-order valence-electron chi connectivity index (χ2n) is 16.1. The zero-order valence-electron chi connectivity index (χ0n) is 38.4. The van der Waals surface area contributed by atoms with E-state index in [1.54, 1.807) is 0 Å². The predicted octanol–water partition coefficient (Wildman–Crippen LogP) is 14.4. The number of nitrogens with one attached hydrogen (secondary N) is 1. The van der Waals surface area contributed by atoms with Crippen LogP contribution in [0.1, 0.15) is 213 Å². The zero-order valence-corrected chi connectivity index (χ0v) is 38.4. The van der Waals surface area contributed by atoms with Gasteiger partial charge in [0.05, 0.1) is 25.2 Å². The lowest BCUT2D eigenvalue weighted by Gasteiger charge is -2.24. The number of amides is 1. The first-order valence-electron chi connectivity index (χ1n) is 24.3. The summed E-state index contributed by atoms with van der Waals surface area (Å²) in [6, 6.07) is -0.718. The minimum Gasteiger partial charge on any atom is -0.462 e. The van der Waals surface area contributed by atoms with Crippen molar-refractivity contribution in [2.45, 2.75) is 232 Å². The minimum atomic E-state index is -0.802. The topological polar surface area (TPSA) is 95.9 Å². The highest BCUT2D eigenvalue weighted by molar-refractivity contribution is 5.77. The predicted molar refractivity (Wildman–Crippen MR) is 254 cm³/mol. The molecule has 0 rings (SSSR count). The van der Waals surface area contributed by atoms with Crippen molar-refractivity contribution in [2.24, 2.45) is 0 Å². The van der Waals surface area contributed by atoms with Crippen molar-refractivity contribution in [3.05, 3.63) is 85.1 Å². The van der Waals surface area contributed by atoms with Crippen LogP contribution in [0, 0.1) is 0 Å². The average Bonchev–Trinajstić information content (AvgIpc) is 3.23. The Labute approximate surface area is 363 Å². The number of rotatable bonds is 42. The lowest BCUT2D eigenvalue weighted by molar-refractivity contribution is -0.151. The monoisotopic (exact) mass is 822 g/mol. The van der Waals surface area contributed by atoms with Crippen molar-refractivity contribution in [3.8, 4) is 0 Å². The van der Waals surface area contributed by atoms with Crippen molar-refractivity contribution in [1.29, 1.82) is 0 Å². The molecule has 3 unspecified atom stereocenters. The van der Waals surface area contributed by atoms with Gasteiger partial charge in [0.15, 0.2) is 0 Å². The summed E-state index contributed by atoms with van der Waals surface area (Å²) in [6.45, 7) is 6.22. The molecule has 0 heterocycles. The summed E-state index contributed by atoms with van der Waals surface area (Å²) >= 11 is 0. The van der Waals surface area contributed by atoms with Gasteiger partial charge in [-0.05, 0) is 96.3 Å². The third kappa shape index (κ3) is 41.6. The molecule has 0 spiro atoms. The van der Waals surface area contributed by atoms with Crippen LogP contribution >= 0.6 is 0 Å². The fraction of sp³-hybridized carbons (Fsp3) is 0.698. The molecule has 338 valence electrons. The number of aliphatic hydroxyl groups excluding tert-OH is 2. The van der Waals surface area contributed by atoms with Crippen LogP contribution in [0.25, 0.3) is 0 Å². The summed E-state index contributed by atoms with van der Waals surface area (Å²) in [4.78, 5) is 26.1. The van der Waals surface area contributed by atoms with Gasteiger partial charge in [-0.1, -0.05) is 189 Å². The number of hydrogen-bond acceptors (Lipinski definition) is 5. The van der Waals surface area contributed by atoms with Crippen LogP contribution in [0.2, 0.25) is 0 Å². The highest BCUT2D eigenvalue weighted by atomic mass is 16.5. The van der Waals surface area contributed by atoms with Gasteiger partial charge in [-0.15, -0.1) is 0 Å². The normalized spacial score (nSPS) is 14.1. The lowest BCUT2D eigenvalue weighted by Crippen LogP contribution is -2.46. The lowest BCUT2D eigenvalue weighted by atomic mass is 10.0. The van der Waals surface area contributed by atoms with Crippen LogP contribution in [0.4, 0.5) is 0 Å². The fourth-order valence-electron chi connectivity index (χ4n) is 6.85. The fourth-order valence-corrected chi connectivity index (χ4v) is 6.85. The smallest absolute Gasteiger partial charge is 0.306 e. The van der Waals surface area contributed by atoms with Crippen LogP contribution in [-0.2, 0) is 14.3 Å². The molecule has 0 aromatic carbocycles. The number of carbonyl (C=O) groups excluding carboxylic acids is 2. The molecule has 0 saturated carbocycles. The van der Waals surface area contributed by atoms with E-state index in [1.807, 2.05) is 0 Å². The summed E-state index contributed by atoms with van der Waals surface area (Å²) in [5.41, 5.74) is 0. The Hall–Kier alpha value is -2.96. The van der Waals surface area contributed by atoms with Gasteiger partial charge in [-0.2, -0.15) is 0 Å². The van der Waals surface area contributed by atoms with Crippen molar-refractivity contribution in [2.75, 3.05) is 6.61 Å². The standard InChI is InChI=1S/C53H91NO5/c1-4-7-10-13-16-19-22-24-26-27-29-31-34-37-40-43-46-53(58)59-49(44-41-38-35-32-30-28-25-23-20-17-14-11-8-5-2)47-52(57)54-50(48-55)51(56)45-42-39-36-33-21-18-15-12-9-6-3/h7-8,10-11,16-17,19-20,24-26,28-29,31,49-51,55-56H,4-6,9,12-15,18,21-23,27,30,32-48H2,1-3H3,(H,54,57)/b10-7+,11-8+,19-16+,20-17+,26-24+,28-25+,31-29+. The minimum absolute atomic E-state index is 0.0452. The molecule has 3 N–H and O–H groups in total. The second-order valence-corrected chi connectivity index (χ2v) is 16.1. The van der Waals surface area contributed by atoms with E-state index >= 15 is 0 Å². The molecule has 0 aliphatic heterocycles. The number of hydrogen-bond donors (Lipinski definition) is 3. The summed E-state index contributed by atoms with van der Waals surface area (Å²) in [5.74, 6) is -0.540. The Morgan fingerprint density at radius 3 is 1.39 bits per heavy atom. The molecular weight excluding hydrogens is 731 g/mol. The molecule has 59 heavy (non-hydrogen) atoms. The first kappa shape index (κ1) is 56.0. The van der Waals surface area contributed by atoms with Gasteiger partial charge in [0.2, 0.25) is 5.91 Å². The van der Waals surface area contributed by atoms with Crippen molar-refractivity contribution < 1.29 is 24.5 Å². The molecule has 1 amide bonds. The number of carbonyl (C=O) groups is 2. The van der Waals surface area contributed by atoms with E-state index in [1.165, 1.54) is 44.9 Å². The van der Waals surface area contributed by atoms with Gasteiger partial charge >= 0.3 is 5.97 Å². The summed E-state index contributed by atoms with van der Waals surface area (Å²) in [6.07, 6.45) is 59.3. The number of aliphatic hydroxyl groups is 2. The second kappa shape index (κ2) is 46.1. The SMILES string of the molecule is CC/C=C/C/C=C/C/C=C/C/C=C/CCCCCC(=O)OC(CCCCCC/C=C/C/C=C/C/C=C/CC)CC(=O)NC(CO)C(O)CCCCCCCCCCCC. The molecule has 3 atom stereocenters. The first-order valence-corrected chi connectivity index (χ1v) is 24.3. The number of esters is 1. The maximum Gasteiger partial charge on any atom is 0.306 e. The Morgan fingerprint density at radius 1 is 0.508 bits per heavy atom. The molecule has 0 aliphatic rings. The highest BCUT2D eigenvalue weighted by Crippen LogP contribution is 2.17. The van der Waals surface area contributed by atoms with E-state index in [-0.39, 0.29) is 24.9 Å². The Kier molecular flexibility index (Phi) is 43.8. The van der Waals surface area contributed by atoms with Crippen molar-refractivity contribution in [1.82, 2.24) is 5.32 Å². The van der Waals surface area contributed by atoms with E-state index < -0.39 is 18.2 Å². The van der Waals surface area contributed by atoms with Crippen LogP contribution in [0.3, 0.4) is 0 Å². The molecule has 0 radical (unpaired) electrons. The molecule has 0 aromatic rings. The maximum absolute atomic E-state index is 13.2. The molecule has 0 fully saturated rings. The third-order valence-corrected chi connectivity index (χ3v) is 10.5. The van der Waals surface area contributed by atoms with E-state index in [2.05, 4.69) is 111 Å². The largest absolute Gasteiger partial charge is 0.462 e. The zero-order chi connectivity index (χ0) is 43.1. The molecule has 0 aromatic heterocycles. The molecular formula is C53H91NO5. The summed E-state index contributed by atoms with van der Waals surface area (Å²) < 4.78 is 5.90.